The van der Waals surface area contributed by atoms with Crippen LogP contribution in [-0.2, 0) is 0 Å². The molecular formula is C68H58N2. The van der Waals surface area contributed by atoms with Crippen molar-refractivity contribution in [1.82, 2.24) is 0 Å². The Morgan fingerprint density at radius 3 is 0.814 bits per heavy atom. The Hall–Kier alpha value is -8.46. The molecule has 70 heavy (non-hydrogen) atoms. The molecule has 0 aliphatic carbocycles. The Kier molecular flexibility index (Phi) is 13.0. The van der Waals surface area contributed by atoms with Crippen molar-refractivity contribution in [2.24, 2.45) is 0 Å². The molecular weight excluding hydrogens is 845 g/mol. The predicted octanol–water partition coefficient (Wildman–Crippen LogP) is 18.8. The van der Waals surface area contributed by atoms with Crippen molar-refractivity contribution < 1.29 is 0 Å². The number of nitrogens with zero attached hydrogens (tertiary/aromatic N) is 2. The van der Waals surface area contributed by atoms with Crippen molar-refractivity contribution >= 4 is 68.2 Å². The molecule has 0 N–H and O–H groups in total. The van der Waals surface area contributed by atoms with Gasteiger partial charge in [0.15, 0.2) is 0 Å². The summed E-state index contributed by atoms with van der Waals surface area (Å²) < 4.78 is 0. The lowest BCUT2D eigenvalue weighted by Crippen LogP contribution is -2.16. The summed E-state index contributed by atoms with van der Waals surface area (Å²) in [5.41, 5.74) is 23.6. The third-order valence-corrected chi connectivity index (χ3v) is 13.6. The maximum absolute atomic E-state index is 2.44. The lowest BCUT2D eigenvalue weighted by molar-refractivity contribution is 1.21. The predicted molar refractivity (Wildman–Crippen MR) is 301 cm³/mol. The molecule has 0 saturated carbocycles. The average Bonchev–Trinajstić information content (AvgIpc) is 3.40. The highest BCUT2D eigenvalue weighted by Gasteiger charge is 2.26. The highest BCUT2D eigenvalue weighted by Crippen LogP contribution is 2.49. The zero-order valence-corrected chi connectivity index (χ0v) is 41.0. The van der Waals surface area contributed by atoms with Gasteiger partial charge in [0, 0.05) is 33.5 Å². The molecule has 0 bridgehead atoms. The van der Waals surface area contributed by atoms with E-state index in [0.29, 0.717) is 0 Å². The number of hydrogen-bond donors (Lipinski definition) is 0. The number of fused-ring (bicyclic) bond motifs is 1. The van der Waals surface area contributed by atoms with Gasteiger partial charge in [-0.05, 0) is 158 Å². The van der Waals surface area contributed by atoms with Crippen molar-refractivity contribution in [1.29, 1.82) is 0 Å². The molecule has 0 spiro atoms. The van der Waals surface area contributed by atoms with Crippen LogP contribution in [0.4, 0.5) is 34.1 Å². The summed E-state index contributed by atoms with van der Waals surface area (Å²) in [7, 11) is 0. The van der Waals surface area contributed by atoms with Crippen LogP contribution in [0.3, 0.4) is 0 Å². The van der Waals surface area contributed by atoms with E-state index in [1.165, 1.54) is 88.9 Å². The number of hydrogen-bond acceptors (Lipinski definition) is 2. The van der Waals surface area contributed by atoms with Gasteiger partial charge in [0.05, 0.1) is 11.4 Å². The summed E-state index contributed by atoms with van der Waals surface area (Å²) in [5.74, 6) is 0. The van der Waals surface area contributed by atoms with Gasteiger partial charge in [-0.3, -0.25) is 0 Å². The molecule has 2 nitrogen and oxygen atoms in total. The molecule has 0 aromatic heterocycles. The molecule has 0 radical (unpaired) electrons. The van der Waals surface area contributed by atoms with E-state index >= 15 is 0 Å². The van der Waals surface area contributed by atoms with Crippen LogP contribution in [0, 0.1) is 41.5 Å². The largest absolute Gasteiger partial charge is 0.310 e. The first kappa shape index (κ1) is 45.3. The van der Waals surface area contributed by atoms with Crippen LogP contribution in [0.5, 0.6) is 0 Å². The zero-order chi connectivity index (χ0) is 48.1. The summed E-state index contributed by atoms with van der Waals surface area (Å²) >= 11 is 0. The van der Waals surface area contributed by atoms with Crippen molar-refractivity contribution in [2.75, 3.05) is 9.80 Å². The lowest BCUT2D eigenvalue weighted by Gasteiger charge is -2.34. The highest BCUT2D eigenvalue weighted by atomic mass is 15.2. The Bertz CT molecular complexity index is 3130. The smallest absolute Gasteiger partial charge is 0.0573 e. The fraction of sp³-hybridized carbons (Fsp3) is 0.0882. The van der Waals surface area contributed by atoms with Crippen LogP contribution in [0.25, 0.3) is 34.1 Å². The van der Waals surface area contributed by atoms with E-state index in [0.717, 1.165) is 33.9 Å². The number of aryl methyl sites for hydroxylation is 4. The number of benzene rings is 10. The molecule has 0 aliphatic rings. The third kappa shape index (κ3) is 9.50. The van der Waals surface area contributed by atoms with E-state index in [-0.39, 0.29) is 0 Å². The minimum Gasteiger partial charge on any atom is -0.310 e. The maximum atomic E-state index is 2.44. The van der Waals surface area contributed by atoms with E-state index in [4.69, 9.17) is 0 Å². The fourth-order valence-corrected chi connectivity index (χ4v) is 9.57. The first-order chi connectivity index (χ1) is 34.2. The Morgan fingerprint density at radius 2 is 0.529 bits per heavy atom. The second-order valence-corrected chi connectivity index (χ2v) is 18.6. The van der Waals surface area contributed by atoms with E-state index in [1.807, 2.05) is 0 Å². The molecule has 0 fully saturated rings. The van der Waals surface area contributed by atoms with Gasteiger partial charge in [-0.1, -0.05) is 204 Å². The fourth-order valence-electron chi connectivity index (χ4n) is 9.57. The van der Waals surface area contributed by atoms with Crippen molar-refractivity contribution in [3.05, 3.63) is 297 Å². The Labute approximate surface area is 414 Å². The summed E-state index contributed by atoms with van der Waals surface area (Å²) in [4.78, 5) is 4.88. The SMILES string of the molecule is Cc1ccc(C(=Cc2ccc(N(c3ccccc3)c3c(C)c(C)c(N(c4ccccc4)c4ccc(C=C(c5ccc(C)cc5)c5ccc(C)cc5)cc4)c4ccccc34)cc2)c2ccc(C)cc2)cc1. The molecule has 2 heteroatoms. The van der Waals surface area contributed by atoms with Crippen LogP contribution in [0.1, 0.15) is 66.8 Å². The van der Waals surface area contributed by atoms with E-state index in [1.54, 1.807) is 0 Å². The first-order valence-corrected chi connectivity index (χ1v) is 24.3. The van der Waals surface area contributed by atoms with E-state index in [2.05, 4.69) is 294 Å². The molecule has 0 amide bonds. The minimum atomic E-state index is 1.09. The van der Waals surface area contributed by atoms with Gasteiger partial charge in [-0.25, -0.2) is 0 Å². The van der Waals surface area contributed by atoms with Gasteiger partial charge in [-0.15, -0.1) is 0 Å². The Balaban J connectivity index is 1.09. The second-order valence-electron chi connectivity index (χ2n) is 18.6. The average molecular weight is 903 g/mol. The summed E-state index contributed by atoms with van der Waals surface area (Å²) in [6, 6.07) is 84.0. The van der Waals surface area contributed by atoms with Crippen molar-refractivity contribution in [3.8, 4) is 0 Å². The summed E-state index contributed by atoms with van der Waals surface area (Å²) in [5, 5.41) is 2.35. The van der Waals surface area contributed by atoms with Gasteiger partial charge >= 0.3 is 0 Å². The normalized spacial score (nSPS) is 11.0. The van der Waals surface area contributed by atoms with Gasteiger partial charge < -0.3 is 9.80 Å². The summed E-state index contributed by atoms with van der Waals surface area (Å²) in [6.07, 6.45) is 4.64. The van der Waals surface area contributed by atoms with Gasteiger partial charge in [0.2, 0.25) is 0 Å². The standard InChI is InChI=1S/C68H58N2/c1-47-21-33-55(34-22-47)65(56-35-23-48(2)24-36-56)45-53-29-41-61(42-30-53)69(59-15-9-7-10-16-59)67-51(5)52(6)68(64-20-14-13-19-63(64)67)70(60-17-11-8-12-18-60)62-43-31-54(32-44-62)46-66(57-37-25-49(3)26-38-57)58-39-27-50(4)28-40-58/h7-46H,1-6H3. The molecule has 340 valence electrons. The number of para-hydroxylation sites is 2. The topological polar surface area (TPSA) is 6.48 Å². The zero-order valence-electron chi connectivity index (χ0n) is 41.0. The minimum absolute atomic E-state index is 1.09. The van der Waals surface area contributed by atoms with Crippen molar-refractivity contribution in [2.45, 2.75) is 41.5 Å². The van der Waals surface area contributed by atoms with E-state index in [9.17, 15) is 0 Å². The van der Waals surface area contributed by atoms with Gasteiger partial charge in [0.1, 0.15) is 0 Å². The van der Waals surface area contributed by atoms with Crippen LogP contribution < -0.4 is 9.80 Å². The van der Waals surface area contributed by atoms with Crippen LogP contribution in [-0.4, -0.2) is 0 Å². The first-order valence-electron chi connectivity index (χ1n) is 24.3. The van der Waals surface area contributed by atoms with Crippen LogP contribution >= 0.6 is 0 Å². The quantitative estimate of drug-likeness (QED) is 0.113. The molecule has 0 heterocycles. The van der Waals surface area contributed by atoms with Crippen LogP contribution in [0.2, 0.25) is 0 Å². The molecule has 10 aromatic rings. The Morgan fingerprint density at radius 1 is 0.271 bits per heavy atom. The lowest BCUT2D eigenvalue weighted by atomic mass is 9.93. The van der Waals surface area contributed by atoms with Crippen LogP contribution in [0.15, 0.2) is 231 Å². The molecule has 0 aliphatic heterocycles. The monoisotopic (exact) mass is 902 g/mol. The molecule has 0 saturated heterocycles. The second kappa shape index (κ2) is 20.0. The van der Waals surface area contributed by atoms with Gasteiger partial charge in [0.25, 0.3) is 0 Å². The number of rotatable bonds is 12. The molecule has 0 atom stereocenters. The maximum Gasteiger partial charge on any atom is 0.0573 e. The summed E-state index contributed by atoms with van der Waals surface area (Å²) in [6.45, 7) is 13.1. The molecule has 10 rings (SSSR count). The van der Waals surface area contributed by atoms with Gasteiger partial charge in [-0.2, -0.15) is 0 Å². The van der Waals surface area contributed by atoms with E-state index < -0.39 is 0 Å². The van der Waals surface area contributed by atoms with Crippen molar-refractivity contribution in [3.63, 3.8) is 0 Å². The highest BCUT2D eigenvalue weighted by molar-refractivity contribution is 6.10. The molecule has 10 aromatic carbocycles. The molecule has 0 unspecified atom stereocenters. The number of anilines is 6. The third-order valence-electron chi connectivity index (χ3n) is 13.6.